The van der Waals surface area contributed by atoms with Gasteiger partial charge < -0.3 is 9.84 Å². The number of rotatable bonds is 8. The van der Waals surface area contributed by atoms with E-state index in [1.54, 1.807) is 53.9 Å². The molecule has 2 aromatic carbocycles. The number of benzene rings is 2. The Morgan fingerprint density at radius 2 is 1.83 bits per heavy atom. The number of anilines is 1. The van der Waals surface area contributed by atoms with E-state index in [0.717, 1.165) is 5.56 Å². The molecule has 0 bridgehead atoms. The van der Waals surface area contributed by atoms with E-state index >= 15 is 0 Å². The van der Waals surface area contributed by atoms with Crippen LogP contribution in [0.3, 0.4) is 0 Å². The van der Waals surface area contributed by atoms with Gasteiger partial charge in [-0.3, -0.25) is 18.9 Å². The smallest absolute Gasteiger partial charge is 0.301 e. The molecule has 212 valence electrons. The number of amides is 1. The predicted octanol–water partition coefficient (Wildman–Crippen LogP) is 6.46. The summed E-state index contributed by atoms with van der Waals surface area (Å²) in [4.78, 5) is 33.1. The van der Waals surface area contributed by atoms with Crippen LogP contribution >= 0.6 is 34.7 Å². The van der Waals surface area contributed by atoms with E-state index in [4.69, 9.17) is 16.3 Å². The van der Waals surface area contributed by atoms with Crippen molar-refractivity contribution in [2.75, 3.05) is 11.5 Å². The van der Waals surface area contributed by atoms with Crippen LogP contribution in [0.5, 0.6) is 5.75 Å². The lowest BCUT2D eigenvalue weighted by Gasteiger charge is -2.22. The van der Waals surface area contributed by atoms with Crippen LogP contribution in [0.1, 0.15) is 35.5 Å². The second kappa shape index (κ2) is 11.6. The molecule has 1 amide bonds. The Bertz CT molecular complexity index is 1850. The van der Waals surface area contributed by atoms with E-state index in [0.29, 0.717) is 50.1 Å². The highest BCUT2D eigenvalue weighted by Gasteiger charge is 2.49. The molecule has 12 heteroatoms. The molecule has 1 aliphatic heterocycles. The third kappa shape index (κ3) is 5.04. The zero-order chi connectivity index (χ0) is 29.4. The van der Waals surface area contributed by atoms with Gasteiger partial charge >= 0.3 is 5.91 Å². The molecular weight excluding hydrogens is 594 g/mol. The number of carbonyl (C=O) groups excluding carboxylic acids is 2. The Labute approximate surface area is 254 Å². The minimum Gasteiger partial charge on any atom is -0.505 e. The van der Waals surface area contributed by atoms with E-state index < -0.39 is 17.7 Å². The quantitative estimate of drug-likeness (QED) is 0.0694. The van der Waals surface area contributed by atoms with Gasteiger partial charge in [0.2, 0.25) is 5.13 Å². The molecule has 1 aliphatic rings. The number of aryl methyl sites for hydroxylation is 1. The number of Topliss-reactive ketones (excluding diaryl/α,β-unsaturated/α-hetero) is 1. The number of aliphatic hydroxyl groups is 1. The molecule has 1 saturated heterocycles. The highest BCUT2D eigenvalue weighted by atomic mass is 35.5. The van der Waals surface area contributed by atoms with E-state index in [9.17, 15) is 14.7 Å². The highest BCUT2D eigenvalue weighted by Crippen LogP contribution is 2.44. The molecule has 0 spiro atoms. The van der Waals surface area contributed by atoms with Gasteiger partial charge in [-0.05, 0) is 55.3 Å². The van der Waals surface area contributed by atoms with Crippen LogP contribution < -0.4 is 9.64 Å². The summed E-state index contributed by atoms with van der Waals surface area (Å²) in [6.45, 7) is 4.12. The molecule has 9 nitrogen and oxygen atoms in total. The molecule has 3 aromatic heterocycles. The first kappa shape index (κ1) is 28.0. The molecule has 1 fully saturated rings. The van der Waals surface area contributed by atoms with Crippen molar-refractivity contribution in [2.24, 2.45) is 0 Å². The average Bonchev–Trinajstić information content (AvgIpc) is 3.66. The van der Waals surface area contributed by atoms with Crippen LogP contribution in [-0.4, -0.2) is 43.0 Å². The lowest BCUT2D eigenvalue weighted by Crippen LogP contribution is -2.29. The van der Waals surface area contributed by atoms with Gasteiger partial charge in [0.1, 0.15) is 17.1 Å². The Kier molecular flexibility index (Phi) is 7.72. The van der Waals surface area contributed by atoms with Crippen molar-refractivity contribution in [3.05, 3.63) is 106 Å². The van der Waals surface area contributed by atoms with Gasteiger partial charge in [-0.25, -0.2) is 4.98 Å². The number of fused-ring (bicyclic) bond motifs is 1. The first-order chi connectivity index (χ1) is 20.4. The maximum Gasteiger partial charge on any atom is 0.301 e. The first-order valence-electron chi connectivity index (χ1n) is 13.0. The predicted molar refractivity (Wildman–Crippen MR) is 163 cm³/mol. The Morgan fingerprint density at radius 1 is 1.07 bits per heavy atom. The number of ether oxygens (including phenoxy) is 1. The number of nitrogens with zero attached hydrogens (tertiary/aromatic N) is 5. The van der Waals surface area contributed by atoms with Gasteiger partial charge in [-0.2, -0.15) is 0 Å². The van der Waals surface area contributed by atoms with Crippen LogP contribution in [0.4, 0.5) is 5.13 Å². The molecule has 0 saturated carbocycles. The van der Waals surface area contributed by atoms with Crippen LogP contribution in [-0.2, 0) is 15.3 Å². The highest BCUT2D eigenvalue weighted by molar-refractivity contribution is 8.00. The minimum absolute atomic E-state index is 0.0571. The average molecular weight is 618 g/mol. The summed E-state index contributed by atoms with van der Waals surface area (Å²) in [7, 11) is 0. The number of aliphatic hydroxyl groups excluding tert-OH is 1. The number of aromatic nitrogens is 4. The van der Waals surface area contributed by atoms with Gasteiger partial charge in [0.05, 0.1) is 23.9 Å². The molecule has 4 heterocycles. The Balaban J connectivity index is 1.44. The molecule has 0 aliphatic carbocycles. The fraction of sp³-hybridized carbons (Fsp3) is 0.167. The lowest BCUT2D eigenvalue weighted by atomic mass is 9.96. The zero-order valence-corrected chi connectivity index (χ0v) is 24.9. The SMILES string of the molecule is CCOc1ccc(C2C(=C(O)c3c(C)nc4ccccn34)C(=O)C(=O)N2c2nnc(SCc3ccccc3Cl)s2)cc1. The molecule has 42 heavy (non-hydrogen) atoms. The van der Waals surface area contributed by atoms with E-state index in [-0.39, 0.29) is 16.5 Å². The summed E-state index contributed by atoms with van der Waals surface area (Å²) in [5.74, 6) is -0.741. The molecule has 6 rings (SSSR count). The van der Waals surface area contributed by atoms with Crippen molar-refractivity contribution in [3.63, 3.8) is 0 Å². The van der Waals surface area contributed by atoms with E-state index in [2.05, 4.69) is 15.2 Å². The second-order valence-corrected chi connectivity index (χ2v) is 12.0. The lowest BCUT2D eigenvalue weighted by molar-refractivity contribution is -0.132. The summed E-state index contributed by atoms with van der Waals surface area (Å²) >= 11 is 8.93. The zero-order valence-electron chi connectivity index (χ0n) is 22.5. The van der Waals surface area contributed by atoms with Crippen molar-refractivity contribution in [3.8, 4) is 5.75 Å². The largest absolute Gasteiger partial charge is 0.505 e. The molecule has 5 aromatic rings. The number of carbonyl (C=O) groups is 2. The maximum absolute atomic E-state index is 13.7. The van der Waals surface area contributed by atoms with Crippen molar-refractivity contribution >= 4 is 62.9 Å². The molecule has 0 radical (unpaired) electrons. The number of imidazole rings is 1. The molecule has 1 unspecified atom stereocenters. The first-order valence-corrected chi connectivity index (χ1v) is 15.2. The van der Waals surface area contributed by atoms with Crippen LogP contribution in [0.25, 0.3) is 11.4 Å². The number of pyridine rings is 1. The van der Waals surface area contributed by atoms with Crippen molar-refractivity contribution in [1.29, 1.82) is 0 Å². The third-order valence-corrected chi connectivity index (χ3v) is 9.26. The van der Waals surface area contributed by atoms with E-state index in [1.807, 2.05) is 37.3 Å². The Morgan fingerprint density at radius 3 is 2.60 bits per heavy atom. The minimum atomic E-state index is -0.955. The maximum atomic E-state index is 13.7. The van der Waals surface area contributed by atoms with Gasteiger partial charge in [-0.15, -0.1) is 10.2 Å². The second-order valence-electron chi connectivity index (χ2n) is 9.38. The van der Waals surface area contributed by atoms with Crippen LogP contribution in [0.15, 0.2) is 82.8 Å². The van der Waals surface area contributed by atoms with Gasteiger partial charge in [0.15, 0.2) is 10.1 Å². The number of hydrogen-bond acceptors (Lipinski definition) is 9. The fourth-order valence-electron chi connectivity index (χ4n) is 4.90. The van der Waals surface area contributed by atoms with Gasteiger partial charge in [0.25, 0.3) is 5.78 Å². The van der Waals surface area contributed by atoms with Crippen molar-refractivity contribution < 1.29 is 19.4 Å². The summed E-state index contributed by atoms with van der Waals surface area (Å²) in [5.41, 5.74) is 2.95. The summed E-state index contributed by atoms with van der Waals surface area (Å²) < 4.78 is 7.90. The number of ketones is 1. The molecular formula is C30H24ClN5O4S2. The van der Waals surface area contributed by atoms with Crippen LogP contribution in [0.2, 0.25) is 5.02 Å². The summed E-state index contributed by atoms with van der Waals surface area (Å²) in [6, 6.07) is 19.1. The van der Waals surface area contributed by atoms with Gasteiger partial charge in [0, 0.05) is 17.0 Å². The van der Waals surface area contributed by atoms with Crippen molar-refractivity contribution in [1.82, 2.24) is 19.6 Å². The normalized spacial score (nSPS) is 16.5. The number of hydrogen-bond donors (Lipinski definition) is 1. The molecule has 1 atom stereocenters. The number of halogens is 1. The van der Waals surface area contributed by atoms with Crippen molar-refractivity contribution in [2.45, 2.75) is 30.0 Å². The van der Waals surface area contributed by atoms with Gasteiger partial charge in [-0.1, -0.05) is 71.1 Å². The topological polar surface area (TPSA) is 110 Å². The van der Waals surface area contributed by atoms with Crippen LogP contribution in [0, 0.1) is 6.92 Å². The Hall–Kier alpha value is -4.19. The summed E-state index contributed by atoms with van der Waals surface area (Å²) in [5, 5.41) is 21.2. The molecule has 1 N–H and O–H groups in total. The van der Waals surface area contributed by atoms with E-state index in [1.165, 1.54) is 28.0 Å². The summed E-state index contributed by atoms with van der Waals surface area (Å²) in [6.07, 6.45) is 1.75. The standard InChI is InChI=1S/C30H24ClN5O4S2/c1-3-40-20-13-11-18(12-14-20)25-23(26(37)24-17(2)32-22-10-6-7-15-35(22)24)27(38)28(39)36(25)29-33-34-30(42-29)41-16-19-8-4-5-9-21(19)31/h4-15,25,37H,3,16H2,1-2H3. The monoisotopic (exact) mass is 617 g/mol. The number of thioether (sulfide) groups is 1. The third-order valence-electron chi connectivity index (χ3n) is 6.79. The fourth-order valence-corrected chi connectivity index (χ4v) is 7.05.